The van der Waals surface area contributed by atoms with Crippen molar-refractivity contribution in [3.63, 3.8) is 0 Å². The van der Waals surface area contributed by atoms with E-state index in [2.05, 4.69) is 36.7 Å². The fourth-order valence-electron chi connectivity index (χ4n) is 1.84. The third kappa shape index (κ3) is 3.66. The number of thiophene rings is 1. The van der Waals surface area contributed by atoms with Crippen molar-refractivity contribution in [1.29, 1.82) is 0 Å². The number of hydrogen-bond acceptors (Lipinski definition) is 5. The van der Waals surface area contributed by atoms with Crippen molar-refractivity contribution in [2.45, 2.75) is 0 Å². The predicted molar refractivity (Wildman–Crippen MR) is 92.8 cm³/mol. The van der Waals surface area contributed by atoms with E-state index in [4.69, 9.17) is 0 Å². The second kappa shape index (κ2) is 6.76. The Kier molecular flexibility index (Phi) is 4.54. The molecule has 0 saturated heterocycles. The molecule has 0 aliphatic rings. The molecular formula is C15H11BrN4O2S. The fraction of sp³-hybridized carbons (Fsp3) is 0. The van der Waals surface area contributed by atoms with Crippen LogP contribution in [0.1, 0.15) is 16.1 Å². The van der Waals surface area contributed by atoms with E-state index in [9.17, 15) is 9.90 Å². The number of nitrogens with one attached hydrogen (secondary N) is 2. The van der Waals surface area contributed by atoms with Gasteiger partial charge >= 0.3 is 0 Å². The summed E-state index contributed by atoms with van der Waals surface area (Å²) in [7, 11) is 0. The summed E-state index contributed by atoms with van der Waals surface area (Å²) in [5.41, 5.74) is 3.88. The number of aromatic nitrogens is 2. The van der Waals surface area contributed by atoms with Gasteiger partial charge in [0.25, 0.3) is 5.91 Å². The van der Waals surface area contributed by atoms with Crippen LogP contribution in [0.25, 0.3) is 10.6 Å². The number of phenols is 1. The quantitative estimate of drug-likeness (QED) is 0.471. The number of phenolic OH excluding ortho intramolecular Hbond substituents is 1. The predicted octanol–water partition coefficient (Wildman–Crippen LogP) is 3.37. The normalized spacial score (nSPS) is 11.0. The van der Waals surface area contributed by atoms with Crippen LogP contribution in [0.3, 0.4) is 0 Å². The fourth-order valence-corrected chi connectivity index (χ4v) is 2.91. The number of halogens is 1. The lowest BCUT2D eigenvalue weighted by atomic mass is 10.2. The highest BCUT2D eigenvalue weighted by Crippen LogP contribution is 2.23. The molecule has 116 valence electrons. The maximum absolute atomic E-state index is 12.0. The second-order valence-corrected chi connectivity index (χ2v) is 6.41. The molecule has 2 aromatic heterocycles. The number of amides is 1. The van der Waals surface area contributed by atoms with Crippen molar-refractivity contribution in [3.8, 4) is 16.3 Å². The number of H-pyrrole nitrogens is 1. The third-order valence-electron chi connectivity index (χ3n) is 2.96. The molecule has 3 aromatic rings. The number of carbonyl (C=O) groups is 1. The summed E-state index contributed by atoms with van der Waals surface area (Å²) in [4.78, 5) is 13.0. The monoisotopic (exact) mass is 390 g/mol. The molecule has 0 bridgehead atoms. The number of benzene rings is 1. The first kappa shape index (κ1) is 15.4. The zero-order chi connectivity index (χ0) is 16.2. The van der Waals surface area contributed by atoms with Gasteiger partial charge < -0.3 is 5.11 Å². The van der Waals surface area contributed by atoms with E-state index in [1.165, 1.54) is 12.3 Å². The highest BCUT2D eigenvalue weighted by Gasteiger charge is 2.11. The summed E-state index contributed by atoms with van der Waals surface area (Å²) < 4.78 is 0.802. The Hall–Kier alpha value is -2.45. The summed E-state index contributed by atoms with van der Waals surface area (Å²) in [6.45, 7) is 0. The minimum absolute atomic E-state index is 0.0750. The van der Waals surface area contributed by atoms with Gasteiger partial charge in [-0.15, -0.1) is 11.3 Å². The number of aromatic hydroxyl groups is 1. The lowest BCUT2D eigenvalue weighted by molar-refractivity contribution is 0.0950. The van der Waals surface area contributed by atoms with Gasteiger partial charge in [0.15, 0.2) is 5.69 Å². The molecule has 3 rings (SSSR count). The molecule has 8 heteroatoms. The molecule has 6 nitrogen and oxygen atoms in total. The first-order chi connectivity index (χ1) is 11.1. The average molecular weight is 391 g/mol. The second-order valence-electron chi connectivity index (χ2n) is 4.55. The Bertz CT molecular complexity index is 858. The van der Waals surface area contributed by atoms with Crippen molar-refractivity contribution < 1.29 is 9.90 Å². The topological polar surface area (TPSA) is 90.4 Å². The molecule has 0 unspecified atom stereocenters. The number of carbonyl (C=O) groups excluding carboxylic acids is 1. The number of aromatic amines is 1. The van der Waals surface area contributed by atoms with Crippen molar-refractivity contribution in [2.24, 2.45) is 5.10 Å². The van der Waals surface area contributed by atoms with Gasteiger partial charge in [0.1, 0.15) is 5.75 Å². The lowest BCUT2D eigenvalue weighted by Crippen LogP contribution is -2.18. The SMILES string of the molecule is O=C(NN=Cc1cc(Br)ccc1O)c1cc(-c2cccs2)[nH]n1. The smallest absolute Gasteiger partial charge is 0.291 e. The largest absolute Gasteiger partial charge is 0.507 e. The van der Waals surface area contributed by atoms with Crippen molar-refractivity contribution in [3.05, 3.63) is 57.5 Å². The van der Waals surface area contributed by atoms with Crippen molar-refractivity contribution >= 4 is 39.4 Å². The van der Waals surface area contributed by atoms with Crippen LogP contribution in [0.15, 0.2) is 51.4 Å². The first-order valence-corrected chi connectivity index (χ1v) is 8.22. The maximum atomic E-state index is 12.0. The van der Waals surface area contributed by atoms with Gasteiger partial charge in [-0.2, -0.15) is 10.2 Å². The lowest BCUT2D eigenvalue weighted by Gasteiger charge is -1.99. The summed E-state index contributed by atoms with van der Waals surface area (Å²) in [5.74, 6) is -0.360. The van der Waals surface area contributed by atoms with E-state index in [1.54, 1.807) is 29.5 Å². The van der Waals surface area contributed by atoms with E-state index in [-0.39, 0.29) is 11.4 Å². The molecule has 0 aliphatic carbocycles. The van der Waals surface area contributed by atoms with Crippen molar-refractivity contribution in [1.82, 2.24) is 15.6 Å². The van der Waals surface area contributed by atoms with Crippen LogP contribution in [-0.4, -0.2) is 27.4 Å². The third-order valence-corrected chi connectivity index (χ3v) is 4.35. The highest BCUT2D eigenvalue weighted by molar-refractivity contribution is 9.10. The number of nitrogens with zero attached hydrogens (tertiary/aromatic N) is 2. The zero-order valence-electron chi connectivity index (χ0n) is 11.7. The molecule has 0 saturated carbocycles. The number of hydrazone groups is 1. The summed E-state index contributed by atoms with van der Waals surface area (Å²) in [6.07, 6.45) is 1.37. The molecule has 2 heterocycles. The van der Waals surface area contributed by atoms with Crippen LogP contribution in [0, 0.1) is 0 Å². The molecule has 23 heavy (non-hydrogen) atoms. The van der Waals surface area contributed by atoms with Crippen LogP contribution >= 0.6 is 27.3 Å². The van der Waals surface area contributed by atoms with Crippen LogP contribution < -0.4 is 5.43 Å². The Labute approximate surface area is 144 Å². The maximum Gasteiger partial charge on any atom is 0.291 e. The highest BCUT2D eigenvalue weighted by atomic mass is 79.9. The molecule has 3 N–H and O–H groups in total. The van der Waals surface area contributed by atoms with E-state index in [0.29, 0.717) is 5.56 Å². The molecule has 0 atom stereocenters. The average Bonchev–Trinajstić information content (AvgIpc) is 3.20. The van der Waals surface area contributed by atoms with E-state index >= 15 is 0 Å². The summed E-state index contributed by atoms with van der Waals surface area (Å²) in [6, 6.07) is 10.5. The van der Waals surface area contributed by atoms with E-state index in [1.807, 2.05) is 17.5 Å². The van der Waals surface area contributed by atoms with E-state index in [0.717, 1.165) is 15.0 Å². The minimum atomic E-state index is -0.435. The van der Waals surface area contributed by atoms with Crippen LogP contribution in [0.4, 0.5) is 0 Å². The van der Waals surface area contributed by atoms with Crippen LogP contribution in [0.5, 0.6) is 5.75 Å². The van der Waals surface area contributed by atoms with Gasteiger partial charge in [-0.1, -0.05) is 22.0 Å². The summed E-state index contributed by atoms with van der Waals surface area (Å²) >= 11 is 4.86. The molecule has 1 aromatic carbocycles. The van der Waals surface area contributed by atoms with Gasteiger partial charge in [-0.05, 0) is 35.7 Å². The van der Waals surface area contributed by atoms with Crippen molar-refractivity contribution in [2.75, 3.05) is 0 Å². The van der Waals surface area contributed by atoms with E-state index < -0.39 is 5.91 Å². The molecule has 0 fully saturated rings. The summed E-state index contributed by atoms with van der Waals surface area (Å²) in [5, 5.41) is 22.3. The zero-order valence-corrected chi connectivity index (χ0v) is 14.1. The Morgan fingerprint density at radius 1 is 1.39 bits per heavy atom. The first-order valence-electron chi connectivity index (χ1n) is 6.54. The molecule has 0 spiro atoms. The number of rotatable bonds is 4. The Morgan fingerprint density at radius 3 is 3.04 bits per heavy atom. The number of hydrogen-bond donors (Lipinski definition) is 3. The Morgan fingerprint density at radius 2 is 2.26 bits per heavy atom. The van der Waals surface area contributed by atoms with Gasteiger partial charge in [0.05, 0.1) is 16.8 Å². The minimum Gasteiger partial charge on any atom is -0.507 e. The van der Waals surface area contributed by atoms with Crippen LogP contribution in [0.2, 0.25) is 0 Å². The van der Waals surface area contributed by atoms with Gasteiger partial charge in [-0.25, -0.2) is 5.43 Å². The van der Waals surface area contributed by atoms with Crippen LogP contribution in [-0.2, 0) is 0 Å². The molecule has 0 radical (unpaired) electrons. The van der Waals surface area contributed by atoms with Gasteiger partial charge in [-0.3, -0.25) is 9.89 Å². The van der Waals surface area contributed by atoms with Gasteiger partial charge in [0.2, 0.25) is 0 Å². The Balaban J connectivity index is 1.68. The van der Waals surface area contributed by atoms with Gasteiger partial charge in [0, 0.05) is 10.0 Å². The molecule has 0 aliphatic heterocycles. The standard InChI is InChI=1S/C15H11BrN4O2S/c16-10-3-4-13(21)9(6-10)8-17-20-15(22)12-7-11(18-19-12)14-2-1-5-23-14/h1-8,21H,(H,18,19)(H,20,22). The molecule has 1 amide bonds. The molecular weight excluding hydrogens is 380 g/mol.